The number of imide groups is 1. The number of benzene rings is 2. The molecule has 0 spiro atoms. The van der Waals surface area contributed by atoms with Crippen LogP contribution in [0.3, 0.4) is 0 Å². The molecule has 3 aromatic rings. The third-order valence-corrected chi connectivity index (χ3v) is 5.53. The number of nitrogens with zero attached hydrogens (tertiary/aromatic N) is 3. The topological polar surface area (TPSA) is 115 Å². The maximum Gasteiger partial charge on any atom is 0.407 e. The van der Waals surface area contributed by atoms with Gasteiger partial charge in [0.2, 0.25) is 11.8 Å². The Morgan fingerprint density at radius 3 is 2.29 bits per heavy atom. The van der Waals surface area contributed by atoms with E-state index in [0.29, 0.717) is 34.6 Å². The van der Waals surface area contributed by atoms with Gasteiger partial charge in [-0.05, 0) is 70.0 Å². The van der Waals surface area contributed by atoms with Gasteiger partial charge in [0.15, 0.2) is 0 Å². The van der Waals surface area contributed by atoms with E-state index in [9.17, 15) is 14.4 Å². The second-order valence-corrected chi connectivity index (χ2v) is 9.50. The number of alkyl carbamates (subject to hydrolysis) is 1. The number of halogens is 1. The summed E-state index contributed by atoms with van der Waals surface area (Å²) in [7, 11) is 0. The number of hydrogen-bond donors (Lipinski definition) is 1. The van der Waals surface area contributed by atoms with Gasteiger partial charge >= 0.3 is 6.09 Å². The van der Waals surface area contributed by atoms with Crippen LogP contribution in [-0.4, -0.2) is 45.2 Å². The molecule has 10 heteroatoms. The van der Waals surface area contributed by atoms with E-state index in [1.54, 1.807) is 69.3 Å². The molecular weight excluding hydrogens is 472 g/mol. The van der Waals surface area contributed by atoms with Crippen LogP contribution >= 0.6 is 11.6 Å². The van der Waals surface area contributed by atoms with Crippen LogP contribution in [-0.2, 0) is 4.74 Å². The van der Waals surface area contributed by atoms with Crippen LogP contribution in [0, 0.1) is 0 Å². The maximum atomic E-state index is 13.1. The molecule has 0 saturated heterocycles. The molecule has 9 nitrogen and oxygen atoms in total. The molecule has 0 aliphatic carbocycles. The minimum Gasteiger partial charge on any atom is -0.444 e. The van der Waals surface area contributed by atoms with E-state index < -0.39 is 29.6 Å². The summed E-state index contributed by atoms with van der Waals surface area (Å²) in [5, 5.41) is 11.5. The van der Waals surface area contributed by atoms with Crippen molar-refractivity contribution in [3.05, 3.63) is 70.6 Å². The van der Waals surface area contributed by atoms with Gasteiger partial charge < -0.3 is 14.5 Å². The smallest absolute Gasteiger partial charge is 0.407 e. The molecule has 2 aromatic carbocycles. The van der Waals surface area contributed by atoms with Crippen LogP contribution in [0.5, 0.6) is 0 Å². The highest BCUT2D eigenvalue weighted by molar-refractivity contribution is 6.30. The molecule has 182 valence electrons. The predicted molar refractivity (Wildman–Crippen MR) is 128 cm³/mol. The second-order valence-electron chi connectivity index (χ2n) is 9.06. The molecular formula is C25H25ClN4O5. The largest absolute Gasteiger partial charge is 0.444 e. The molecule has 1 N–H and O–H groups in total. The molecule has 2 heterocycles. The lowest BCUT2D eigenvalue weighted by atomic mass is 10.1. The van der Waals surface area contributed by atoms with Crippen molar-refractivity contribution in [2.24, 2.45) is 0 Å². The fraction of sp³-hybridized carbons (Fsp3) is 0.320. The zero-order valence-electron chi connectivity index (χ0n) is 19.6. The van der Waals surface area contributed by atoms with Crippen LogP contribution in [0.4, 0.5) is 4.79 Å². The minimum absolute atomic E-state index is 0.127. The zero-order chi connectivity index (χ0) is 25.2. The summed E-state index contributed by atoms with van der Waals surface area (Å²) in [5.41, 5.74) is 0.689. The van der Waals surface area contributed by atoms with E-state index in [0.717, 1.165) is 4.90 Å². The number of amides is 3. The molecule has 3 amide bonds. The quantitative estimate of drug-likeness (QED) is 0.360. The monoisotopic (exact) mass is 496 g/mol. The fourth-order valence-corrected chi connectivity index (χ4v) is 3.86. The van der Waals surface area contributed by atoms with Crippen molar-refractivity contribution < 1.29 is 23.5 Å². The molecule has 0 fully saturated rings. The van der Waals surface area contributed by atoms with E-state index >= 15 is 0 Å². The highest BCUT2D eigenvalue weighted by atomic mass is 35.5. The Labute approximate surface area is 207 Å². The number of rotatable bonds is 7. The van der Waals surface area contributed by atoms with Crippen molar-refractivity contribution in [3.63, 3.8) is 0 Å². The van der Waals surface area contributed by atoms with Crippen molar-refractivity contribution in [2.75, 3.05) is 6.54 Å². The van der Waals surface area contributed by atoms with Crippen LogP contribution in [0.25, 0.3) is 11.5 Å². The standard InChI is InChI=1S/C25H25ClN4O5/c1-25(2,3)35-24(33)27-14-6-9-19(30-22(31)17-7-4-5-8-18(17)23(30)32)21-29-28-20(34-21)15-10-12-16(26)13-11-15/h4-5,7-8,10-13,19H,6,9,14H2,1-3H3,(H,27,33). The van der Waals surface area contributed by atoms with Crippen molar-refractivity contribution >= 4 is 29.5 Å². The van der Waals surface area contributed by atoms with Gasteiger partial charge in [-0.1, -0.05) is 23.7 Å². The first-order valence-electron chi connectivity index (χ1n) is 11.2. The van der Waals surface area contributed by atoms with Gasteiger partial charge in [0, 0.05) is 17.1 Å². The summed E-state index contributed by atoms with van der Waals surface area (Å²) < 4.78 is 11.1. The van der Waals surface area contributed by atoms with Gasteiger partial charge in [-0.15, -0.1) is 10.2 Å². The van der Waals surface area contributed by atoms with E-state index in [4.69, 9.17) is 20.8 Å². The number of carbonyl (C=O) groups excluding carboxylic acids is 3. The van der Waals surface area contributed by atoms with E-state index in [-0.39, 0.29) is 18.3 Å². The molecule has 1 aliphatic rings. The first-order valence-corrected chi connectivity index (χ1v) is 11.5. The minimum atomic E-state index is -0.809. The highest BCUT2D eigenvalue weighted by Crippen LogP contribution is 2.34. The average molecular weight is 497 g/mol. The van der Waals surface area contributed by atoms with Gasteiger partial charge in [-0.25, -0.2) is 4.79 Å². The van der Waals surface area contributed by atoms with E-state index in [1.807, 2.05) is 0 Å². The summed E-state index contributed by atoms with van der Waals surface area (Å²) in [6.45, 7) is 5.60. The van der Waals surface area contributed by atoms with Crippen molar-refractivity contribution in [2.45, 2.75) is 45.3 Å². The Bertz CT molecular complexity index is 1210. The third-order valence-electron chi connectivity index (χ3n) is 5.28. The number of carbonyl (C=O) groups is 3. The Balaban J connectivity index is 1.55. The number of nitrogens with one attached hydrogen (secondary N) is 1. The number of ether oxygens (including phenoxy) is 1. The van der Waals surface area contributed by atoms with Crippen LogP contribution < -0.4 is 5.32 Å². The summed E-state index contributed by atoms with van der Waals surface area (Å²) >= 11 is 5.96. The van der Waals surface area contributed by atoms with Gasteiger partial charge in [0.05, 0.1) is 11.1 Å². The highest BCUT2D eigenvalue weighted by Gasteiger charge is 2.42. The molecule has 1 unspecified atom stereocenters. The number of hydrogen-bond acceptors (Lipinski definition) is 7. The number of aromatic nitrogens is 2. The molecule has 1 aliphatic heterocycles. The van der Waals surface area contributed by atoms with Crippen molar-refractivity contribution in [1.82, 2.24) is 20.4 Å². The Hall–Kier alpha value is -3.72. The normalized spacial score (nSPS) is 14.1. The van der Waals surface area contributed by atoms with Gasteiger partial charge in [-0.3, -0.25) is 14.5 Å². The Kier molecular flexibility index (Phi) is 6.88. The summed E-state index contributed by atoms with van der Waals surface area (Å²) in [6.07, 6.45) is 0.178. The van der Waals surface area contributed by atoms with E-state index in [2.05, 4.69) is 15.5 Å². The van der Waals surface area contributed by atoms with Crippen molar-refractivity contribution in [3.8, 4) is 11.5 Å². The van der Waals surface area contributed by atoms with Gasteiger partial charge in [-0.2, -0.15) is 0 Å². The SMILES string of the molecule is CC(C)(C)OC(=O)NCCCC(c1nnc(-c2ccc(Cl)cc2)o1)N1C(=O)c2ccccc2C1=O. The summed E-state index contributed by atoms with van der Waals surface area (Å²) in [5.74, 6) is -0.490. The fourth-order valence-electron chi connectivity index (χ4n) is 3.73. The number of fused-ring (bicyclic) bond motifs is 1. The first-order chi connectivity index (χ1) is 16.6. The molecule has 4 rings (SSSR count). The predicted octanol–water partition coefficient (Wildman–Crippen LogP) is 5.03. The van der Waals surface area contributed by atoms with Gasteiger partial charge in [0.1, 0.15) is 11.6 Å². The van der Waals surface area contributed by atoms with Crippen LogP contribution in [0.1, 0.15) is 66.3 Å². The van der Waals surface area contributed by atoms with Crippen molar-refractivity contribution in [1.29, 1.82) is 0 Å². The zero-order valence-corrected chi connectivity index (χ0v) is 20.3. The molecule has 0 bridgehead atoms. The molecule has 0 saturated carbocycles. The molecule has 35 heavy (non-hydrogen) atoms. The third kappa shape index (κ3) is 5.51. The van der Waals surface area contributed by atoms with Crippen LogP contribution in [0.15, 0.2) is 52.9 Å². The first kappa shape index (κ1) is 24.4. The summed E-state index contributed by atoms with van der Waals surface area (Å²) in [6, 6.07) is 12.7. The molecule has 1 atom stereocenters. The Morgan fingerprint density at radius 1 is 1.06 bits per heavy atom. The van der Waals surface area contributed by atoms with E-state index in [1.165, 1.54) is 0 Å². The van der Waals surface area contributed by atoms with Gasteiger partial charge in [0.25, 0.3) is 11.8 Å². The Morgan fingerprint density at radius 2 is 1.69 bits per heavy atom. The summed E-state index contributed by atoms with van der Waals surface area (Å²) in [4.78, 5) is 39.4. The average Bonchev–Trinajstić information content (AvgIpc) is 3.38. The van der Waals surface area contributed by atoms with Crippen LogP contribution in [0.2, 0.25) is 5.02 Å². The lowest BCUT2D eigenvalue weighted by Crippen LogP contribution is -2.36. The lowest BCUT2D eigenvalue weighted by Gasteiger charge is -2.23. The second kappa shape index (κ2) is 9.87. The molecule has 1 aromatic heterocycles. The maximum absolute atomic E-state index is 13.1. The lowest BCUT2D eigenvalue weighted by molar-refractivity contribution is 0.0502. The molecule has 0 radical (unpaired) electrons.